The number of hydrogen-bond acceptors (Lipinski definition) is 10. The number of hydrogen-bond donors (Lipinski definition) is 2. The third-order valence-electron chi connectivity index (χ3n) is 6.29. The topological polar surface area (TPSA) is 140 Å². The summed E-state index contributed by atoms with van der Waals surface area (Å²) in [5, 5.41) is 5.25. The van der Waals surface area contributed by atoms with Crippen LogP contribution in [0.15, 0.2) is 0 Å². The maximum Gasteiger partial charge on any atom is 0.407 e. The summed E-state index contributed by atoms with van der Waals surface area (Å²) in [5.74, 6) is 0.350. The van der Waals surface area contributed by atoms with Crippen molar-refractivity contribution in [3.05, 3.63) is 0 Å². The lowest BCUT2D eigenvalue weighted by Crippen LogP contribution is -2.35. The number of carbonyl (C=O) groups excluding carboxylic acids is 3. The van der Waals surface area contributed by atoms with Crippen molar-refractivity contribution < 1.29 is 47.5 Å². The molecule has 2 amide bonds. The zero-order valence-electron chi connectivity index (χ0n) is 27.2. The van der Waals surface area contributed by atoms with Crippen molar-refractivity contribution >= 4 is 29.8 Å². The lowest BCUT2D eigenvalue weighted by Gasteiger charge is -2.17. The highest BCUT2D eigenvalue weighted by atomic mass is 35.5. The average Bonchev–Trinajstić information content (AvgIpc) is 3.00. The number of amides is 2. The van der Waals surface area contributed by atoms with Gasteiger partial charge in [-0.3, -0.25) is 4.79 Å². The molecule has 0 aromatic heterocycles. The third-order valence-corrected chi connectivity index (χ3v) is 6.56. The second kappa shape index (κ2) is 34.0. The Kier molecular flexibility index (Phi) is 32.6. The number of esters is 1. The first-order valence-electron chi connectivity index (χ1n) is 16.3. The molecule has 0 saturated heterocycles. The van der Waals surface area contributed by atoms with Gasteiger partial charge in [-0.15, -0.1) is 11.6 Å². The fourth-order valence-corrected chi connectivity index (χ4v) is 4.16. The fraction of sp³-hybridized carbons (Fsp3) is 0.903. The minimum atomic E-state index is -0.585. The first kappa shape index (κ1) is 42.1. The van der Waals surface area contributed by atoms with E-state index in [2.05, 4.69) is 17.6 Å². The van der Waals surface area contributed by atoms with Gasteiger partial charge >= 0.3 is 18.2 Å². The number of alkyl carbamates (subject to hydrolysis) is 2. The molecule has 2 N–H and O–H groups in total. The average molecular weight is 655 g/mol. The number of halogens is 1. The van der Waals surface area contributed by atoms with E-state index >= 15 is 0 Å². The second-order valence-corrected chi connectivity index (χ2v) is 10.7. The van der Waals surface area contributed by atoms with E-state index in [1.54, 1.807) is 0 Å². The maximum absolute atomic E-state index is 11.9. The molecule has 13 heteroatoms. The molecule has 1 atom stereocenters. The fourth-order valence-electron chi connectivity index (χ4n) is 3.97. The highest BCUT2D eigenvalue weighted by Gasteiger charge is 2.14. The van der Waals surface area contributed by atoms with Crippen LogP contribution in [0.5, 0.6) is 0 Å². The predicted octanol–water partition coefficient (Wildman–Crippen LogP) is 5.38. The van der Waals surface area contributed by atoms with Gasteiger partial charge in [-0.05, 0) is 25.7 Å². The summed E-state index contributed by atoms with van der Waals surface area (Å²) in [6.45, 7) is 7.48. The number of nitrogens with one attached hydrogen (secondary N) is 2. The summed E-state index contributed by atoms with van der Waals surface area (Å²) in [4.78, 5) is 35.0. The Labute approximate surface area is 269 Å². The molecule has 0 aromatic carbocycles. The minimum Gasteiger partial charge on any atom is -0.461 e. The van der Waals surface area contributed by atoms with Gasteiger partial charge in [0.2, 0.25) is 0 Å². The van der Waals surface area contributed by atoms with Crippen molar-refractivity contribution in [3.63, 3.8) is 0 Å². The molecule has 0 saturated carbocycles. The molecule has 260 valence electrons. The van der Waals surface area contributed by atoms with E-state index in [1.807, 2.05) is 0 Å². The molecule has 0 spiro atoms. The molecule has 44 heavy (non-hydrogen) atoms. The van der Waals surface area contributed by atoms with Crippen LogP contribution in [0.2, 0.25) is 0 Å². The van der Waals surface area contributed by atoms with Crippen molar-refractivity contribution in [2.24, 2.45) is 0 Å². The Hall–Kier alpha value is -1.86. The van der Waals surface area contributed by atoms with Crippen LogP contribution in [0.1, 0.15) is 90.9 Å². The van der Waals surface area contributed by atoms with Gasteiger partial charge in [0.1, 0.15) is 19.3 Å². The Morgan fingerprint density at radius 3 is 1.70 bits per heavy atom. The van der Waals surface area contributed by atoms with Crippen molar-refractivity contribution in [1.29, 1.82) is 0 Å². The molecule has 0 aliphatic carbocycles. The first-order valence-corrected chi connectivity index (χ1v) is 16.9. The molecule has 0 aromatic rings. The zero-order valence-corrected chi connectivity index (χ0v) is 28.0. The van der Waals surface area contributed by atoms with Crippen LogP contribution in [0, 0.1) is 0 Å². The molecular weight excluding hydrogens is 596 g/mol. The van der Waals surface area contributed by atoms with Crippen molar-refractivity contribution in [2.45, 2.75) is 97.0 Å². The van der Waals surface area contributed by atoms with Crippen LogP contribution in [0.25, 0.3) is 0 Å². The number of carbonyl (C=O) groups is 3. The van der Waals surface area contributed by atoms with E-state index in [9.17, 15) is 14.4 Å². The van der Waals surface area contributed by atoms with Crippen LogP contribution in [0.3, 0.4) is 0 Å². The number of rotatable bonds is 32. The summed E-state index contributed by atoms with van der Waals surface area (Å²) in [6, 6.07) is 0. The Morgan fingerprint density at radius 1 is 0.591 bits per heavy atom. The monoisotopic (exact) mass is 654 g/mol. The summed E-state index contributed by atoms with van der Waals surface area (Å²) >= 11 is 5.64. The first-order chi connectivity index (χ1) is 21.5. The van der Waals surface area contributed by atoms with E-state index in [1.165, 1.54) is 39.0 Å². The summed E-state index contributed by atoms with van der Waals surface area (Å²) in [7, 11) is 0. The van der Waals surface area contributed by atoms with Crippen LogP contribution in [-0.2, 0) is 38.0 Å². The normalized spacial score (nSPS) is 11.6. The van der Waals surface area contributed by atoms with Crippen LogP contribution in [0.4, 0.5) is 9.59 Å². The molecule has 1 unspecified atom stereocenters. The van der Waals surface area contributed by atoms with Gasteiger partial charge in [-0.25, -0.2) is 9.59 Å². The summed E-state index contributed by atoms with van der Waals surface area (Å²) in [6.07, 6.45) is 11.7. The molecule has 0 bridgehead atoms. The second-order valence-electron chi connectivity index (χ2n) is 10.3. The molecule has 0 aliphatic heterocycles. The molecule has 0 fully saturated rings. The molecule has 0 heterocycles. The van der Waals surface area contributed by atoms with E-state index in [0.717, 1.165) is 45.1 Å². The van der Waals surface area contributed by atoms with E-state index < -0.39 is 12.2 Å². The van der Waals surface area contributed by atoms with Crippen LogP contribution < -0.4 is 10.6 Å². The highest BCUT2D eigenvalue weighted by molar-refractivity contribution is 6.17. The predicted molar refractivity (Wildman–Crippen MR) is 169 cm³/mol. The SMILES string of the molecule is CCCCCCCCCC(CNC(=O)OCCOCCOCCOC(=O)NCCOCCOCCCCCCCl)OC(C)=O. The van der Waals surface area contributed by atoms with Crippen molar-refractivity contribution in [3.8, 4) is 0 Å². The van der Waals surface area contributed by atoms with Crippen LogP contribution in [-0.4, -0.2) is 109 Å². The quantitative estimate of drug-likeness (QED) is 0.0421. The number of unbranched alkanes of at least 4 members (excludes halogenated alkanes) is 9. The molecule has 0 aliphatic rings. The Bertz CT molecular complexity index is 675. The smallest absolute Gasteiger partial charge is 0.407 e. The third kappa shape index (κ3) is 33.0. The molecule has 12 nitrogen and oxygen atoms in total. The molecule has 0 radical (unpaired) electrons. The standard InChI is InChI=1S/C31H59ClN2O10/c1-3-4-5-6-7-8-11-14-29(44-28(2)35)27-34-31(37)43-26-24-41-22-21-40-23-25-42-30(36)33-16-18-39-20-19-38-17-13-10-9-12-15-32/h29H,3-27H2,1-2H3,(H,33,36)(H,34,37). The summed E-state index contributed by atoms with van der Waals surface area (Å²) in [5.41, 5.74) is 0. The molecule has 0 rings (SSSR count). The lowest BCUT2D eigenvalue weighted by molar-refractivity contribution is -0.146. The van der Waals surface area contributed by atoms with Gasteiger partial charge in [0.15, 0.2) is 0 Å². The van der Waals surface area contributed by atoms with E-state index in [4.69, 9.17) is 44.8 Å². The Morgan fingerprint density at radius 2 is 1.09 bits per heavy atom. The van der Waals surface area contributed by atoms with Gasteiger partial charge in [0.05, 0.1) is 52.8 Å². The highest BCUT2D eigenvalue weighted by Crippen LogP contribution is 2.11. The van der Waals surface area contributed by atoms with Gasteiger partial charge < -0.3 is 43.8 Å². The zero-order chi connectivity index (χ0) is 32.4. The maximum atomic E-state index is 11.9. The summed E-state index contributed by atoms with van der Waals surface area (Å²) < 4.78 is 37.0. The molecular formula is C31H59ClN2O10. The van der Waals surface area contributed by atoms with Gasteiger partial charge in [-0.2, -0.15) is 0 Å². The largest absolute Gasteiger partial charge is 0.461 e. The van der Waals surface area contributed by atoms with Crippen molar-refractivity contribution in [2.75, 3.05) is 85.0 Å². The van der Waals surface area contributed by atoms with Crippen LogP contribution >= 0.6 is 11.6 Å². The van der Waals surface area contributed by atoms with E-state index in [-0.39, 0.29) is 45.0 Å². The van der Waals surface area contributed by atoms with Gasteiger partial charge in [-0.1, -0.05) is 58.3 Å². The minimum absolute atomic E-state index is 0.0806. The van der Waals surface area contributed by atoms with Crippen molar-refractivity contribution in [1.82, 2.24) is 10.6 Å². The lowest BCUT2D eigenvalue weighted by atomic mass is 10.1. The number of ether oxygens (including phenoxy) is 7. The van der Waals surface area contributed by atoms with E-state index in [0.29, 0.717) is 51.9 Å². The van der Waals surface area contributed by atoms with Gasteiger partial charge in [0, 0.05) is 26.0 Å². The van der Waals surface area contributed by atoms with Gasteiger partial charge in [0.25, 0.3) is 0 Å². The number of alkyl halides is 1. The Balaban J connectivity index is 3.53.